The molecule has 0 aromatic carbocycles. The van der Waals surface area contributed by atoms with Crippen molar-refractivity contribution in [2.45, 2.75) is 26.3 Å². The fourth-order valence-corrected chi connectivity index (χ4v) is 1.05. The number of hydrogen-bond donors (Lipinski definition) is 0. The van der Waals surface area contributed by atoms with Gasteiger partial charge in [-0.3, -0.25) is 4.21 Å². The van der Waals surface area contributed by atoms with Gasteiger partial charge in [0.1, 0.15) is 0 Å². The van der Waals surface area contributed by atoms with Crippen LogP contribution in [0.15, 0.2) is 0 Å². The van der Waals surface area contributed by atoms with Gasteiger partial charge in [0.15, 0.2) is 0 Å². The van der Waals surface area contributed by atoms with Crippen LogP contribution in [-0.4, -0.2) is 39.0 Å². The van der Waals surface area contributed by atoms with Crippen LogP contribution >= 0.6 is 0 Å². The third-order valence-electron chi connectivity index (χ3n) is 1.70. The molecule has 0 bridgehead atoms. The Balaban J connectivity index is 3.31. The molecule has 3 nitrogen and oxygen atoms in total. The van der Waals surface area contributed by atoms with Gasteiger partial charge in [-0.1, -0.05) is 11.1 Å². The van der Waals surface area contributed by atoms with Crippen LogP contribution in [0.1, 0.15) is 20.3 Å². The van der Waals surface area contributed by atoms with Gasteiger partial charge in [-0.25, -0.2) is 0 Å². The summed E-state index contributed by atoms with van der Waals surface area (Å²) in [6.45, 7) is 5.04. The maximum absolute atomic E-state index is 10.1. The summed E-state index contributed by atoms with van der Waals surface area (Å²) in [4.78, 5) is 2.13. The second kappa shape index (κ2) is 5.69. The highest BCUT2D eigenvalue weighted by Gasteiger charge is 2.00. The van der Waals surface area contributed by atoms with Gasteiger partial charge in [0.2, 0.25) is 0 Å². The summed E-state index contributed by atoms with van der Waals surface area (Å²) in [6, 6.07) is 0.495. The summed E-state index contributed by atoms with van der Waals surface area (Å²) in [7, 11) is 2.00. The van der Waals surface area contributed by atoms with Crippen molar-refractivity contribution in [2.75, 3.05) is 19.3 Å². The minimum Gasteiger partial charge on any atom is -0.772 e. The molecule has 68 valence electrons. The Morgan fingerprint density at radius 2 is 2.09 bits per heavy atom. The van der Waals surface area contributed by atoms with Crippen molar-refractivity contribution in [1.82, 2.24) is 4.90 Å². The monoisotopic (exact) mass is 178 g/mol. The van der Waals surface area contributed by atoms with Crippen LogP contribution in [-0.2, 0) is 11.1 Å². The molecule has 4 heteroatoms. The zero-order valence-corrected chi connectivity index (χ0v) is 8.19. The summed E-state index contributed by atoms with van der Waals surface area (Å²) in [6.07, 6.45) is 0.727. The first-order valence-corrected chi connectivity index (χ1v) is 5.04. The largest absolute Gasteiger partial charge is 0.772 e. The maximum Gasteiger partial charge on any atom is 0.0114 e. The van der Waals surface area contributed by atoms with E-state index in [1.54, 1.807) is 0 Å². The summed E-state index contributed by atoms with van der Waals surface area (Å²) < 4.78 is 20.3. The molecule has 0 heterocycles. The molecule has 0 N–H and O–H groups in total. The highest BCUT2D eigenvalue weighted by Crippen LogP contribution is 1.95. The van der Waals surface area contributed by atoms with Crippen LogP contribution in [0.3, 0.4) is 0 Å². The van der Waals surface area contributed by atoms with E-state index < -0.39 is 11.1 Å². The number of rotatable bonds is 5. The fraction of sp³-hybridized carbons (Fsp3) is 1.00. The molecule has 0 saturated carbocycles. The van der Waals surface area contributed by atoms with E-state index in [1.807, 2.05) is 7.05 Å². The lowest BCUT2D eigenvalue weighted by Gasteiger charge is -2.20. The summed E-state index contributed by atoms with van der Waals surface area (Å²) in [5.74, 6) is 0.275. The quantitative estimate of drug-likeness (QED) is 0.579. The topological polar surface area (TPSA) is 43.4 Å². The Morgan fingerprint density at radius 1 is 1.55 bits per heavy atom. The van der Waals surface area contributed by atoms with Crippen molar-refractivity contribution in [3.05, 3.63) is 0 Å². The average Bonchev–Trinajstić information content (AvgIpc) is 1.86. The van der Waals surface area contributed by atoms with Crippen LogP contribution in [0.25, 0.3) is 0 Å². The third kappa shape index (κ3) is 6.47. The minimum atomic E-state index is -1.87. The van der Waals surface area contributed by atoms with Gasteiger partial charge in [0.05, 0.1) is 0 Å². The van der Waals surface area contributed by atoms with Crippen molar-refractivity contribution in [2.24, 2.45) is 0 Å². The molecule has 0 amide bonds. The Bertz CT molecular complexity index is 128. The second-order valence-electron chi connectivity index (χ2n) is 2.94. The van der Waals surface area contributed by atoms with Crippen LogP contribution in [0, 0.1) is 0 Å². The first kappa shape index (κ1) is 11.1. The van der Waals surface area contributed by atoms with E-state index in [0.29, 0.717) is 6.04 Å². The molecule has 11 heavy (non-hydrogen) atoms. The molecule has 0 radical (unpaired) electrons. The molecule has 0 rings (SSSR count). The van der Waals surface area contributed by atoms with Gasteiger partial charge in [-0.15, -0.1) is 0 Å². The van der Waals surface area contributed by atoms with Crippen molar-refractivity contribution in [1.29, 1.82) is 0 Å². The summed E-state index contributed by atoms with van der Waals surface area (Å²) in [5.41, 5.74) is 0. The number of hydrogen-bond acceptors (Lipinski definition) is 3. The van der Waals surface area contributed by atoms with Gasteiger partial charge >= 0.3 is 0 Å². The zero-order valence-electron chi connectivity index (χ0n) is 7.37. The van der Waals surface area contributed by atoms with E-state index in [2.05, 4.69) is 18.7 Å². The van der Waals surface area contributed by atoms with E-state index in [-0.39, 0.29) is 5.75 Å². The van der Waals surface area contributed by atoms with E-state index in [1.165, 1.54) is 0 Å². The molecular weight excluding hydrogens is 162 g/mol. The van der Waals surface area contributed by atoms with Crippen LogP contribution < -0.4 is 0 Å². The Kier molecular flexibility index (Phi) is 5.72. The first-order valence-electron chi connectivity index (χ1n) is 3.80. The first-order chi connectivity index (χ1) is 5.04. The Morgan fingerprint density at radius 3 is 2.45 bits per heavy atom. The predicted molar refractivity (Wildman–Crippen MR) is 46.2 cm³/mol. The number of nitrogens with zero attached hydrogens (tertiary/aromatic N) is 1. The van der Waals surface area contributed by atoms with Gasteiger partial charge in [-0.05, 0) is 33.9 Å². The molecule has 0 aliphatic carbocycles. The minimum absolute atomic E-state index is 0.275. The highest BCUT2D eigenvalue weighted by atomic mass is 32.2. The standard InChI is InChI=1S/C7H17NO2S/c1-7(2)8(3)5-4-6-11(9)10/h7H,4-6H2,1-3H3,(H,9,10)/p-1. The zero-order chi connectivity index (χ0) is 8.85. The molecule has 1 atom stereocenters. The molecule has 0 fully saturated rings. The molecule has 0 aliphatic heterocycles. The van der Waals surface area contributed by atoms with E-state index >= 15 is 0 Å². The molecule has 0 aliphatic rings. The predicted octanol–water partition coefficient (Wildman–Crippen LogP) is 0.596. The van der Waals surface area contributed by atoms with Gasteiger partial charge < -0.3 is 9.45 Å². The molecule has 0 spiro atoms. The summed E-state index contributed by atoms with van der Waals surface area (Å²) >= 11 is -1.87. The summed E-state index contributed by atoms with van der Waals surface area (Å²) in [5, 5.41) is 0. The Hall–Kier alpha value is 0.0700. The fourth-order valence-electron chi connectivity index (χ4n) is 0.690. The van der Waals surface area contributed by atoms with Crippen LogP contribution in [0.4, 0.5) is 0 Å². The maximum atomic E-state index is 10.1. The van der Waals surface area contributed by atoms with Crippen LogP contribution in [0.5, 0.6) is 0 Å². The van der Waals surface area contributed by atoms with E-state index in [0.717, 1.165) is 13.0 Å². The van der Waals surface area contributed by atoms with Gasteiger partial charge in [-0.2, -0.15) is 0 Å². The molecular formula is C7H16NO2S-. The second-order valence-corrected chi connectivity index (χ2v) is 3.95. The smallest absolute Gasteiger partial charge is 0.0114 e. The van der Waals surface area contributed by atoms with E-state index in [9.17, 15) is 8.76 Å². The molecule has 0 aromatic rings. The van der Waals surface area contributed by atoms with Gasteiger partial charge in [0, 0.05) is 11.8 Å². The highest BCUT2D eigenvalue weighted by molar-refractivity contribution is 7.79. The Labute approximate surface area is 71.1 Å². The van der Waals surface area contributed by atoms with Crippen molar-refractivity contribution in [3.8, 4) is 0 Å². The lowest BCUT2D eigenvalue weighted by molar-refractivity contribution is 0.275. The lowest BCUT2D eigenvalue weighted by Crippen LogP contribution is -2.28. The van der Waals surface area contributed by atoms with Crippen LogP contribution in [0.2, 0.25) is 0 Å². The SMILES string of the molecule is CC(C)N(C)CCCS(=O)[O-]. The third-order valence-corrected chi connectivity index (χ3v) is 2.33. The van der Waals surface area contributed by atoms with Crippen molar-refractivity contribution in [3.63, 3.8) is 0 Å². The van der Waals surface area contributed by atoms with Gasteiger partial charge in [0.25, 0.3) is 0 Å². The average molecular weight is 178 g/mol. The molecule has 0 saturated heterocycles. The molecule has 0 aromatic heterocycles. The molecule has 1 unspecified atom stereocenters. The lowest BCUT2D eigenvalue weighted by atomic mass is 10.3. The van der Waals surface area contributed by atoms with Crippen molar-refractivity contribution < 1.29 is 8.76 Å². The normalized spacial score (nSPS) is 14.4. The van der Waals surface area contributed by atoms with Crippen molar-refractivity contribution >= 4 is 11.1 Å². The van der Waals surface area contributed by atoms with E-state index in [4.69, 9.17) is 0 Å².